The van der Waals surface area contributed by atoms with Crippen LogP contribution in [0.3, 0.4) is 0 Å². The lowest BCUT2D eigenvalue weighted by Gasteiger charge is -2.34. The third-order valence-electron chi connectivity index (χ3n) is 6.88. The van der Waals surface area contributed by atoms with Crippen LogP contribution in [0.5, 0.6) is 0 Å². The molecule has 2 aromatic carbocycles. The molecular formula is C25H28N2O. The summed E-state index contributed by atoms with van der Waals surface area (Å²) in [5, 5.41) is 3.17. The lowest BCUT2D eigenvalue weighted by molar-refractivity contribution is -0.121. The second kappa shape index (κ2) is 7.21. The van der Waals surface area contributed by atoms with Crippen LogP contribution in [0.25, 0.3) is 5.57 Å². The summed E-state index contributed by atoms with van der Waals surface area (Å²) in [6, 6.07) is 17.1. The predicted octanol–water partition coefficient (Wildman–Crippen LogP) is 4.78. The van der Waals surface area contributed by atoms with Crippen molar-refractivity contribution in [2.75, 3.05) is 25.0 Å². The lowest BCUT2D eigenvalue weighted by atomic mass is 9.68. The summed E-state index contributed by atoms with van der Waals surface area (Å²) >= 11 is 0. The minimum Gasteiger partial charge on any atom is -0.325 e. The molecule has 3 nitrogen and oxygen atoms in total. The van der Waals surface area contributed by atoms with Crippen LogP contribution in [0.4, 0.5) is 5.69 Å². The highest BCUT2D eigenvalue weighted by atomic mass is 16.2. The Hall–Kier alpha value is -2.39. The van der Waals surface area contributed by atoms with E-state index in [1.54, 1.807) is 0 Å². The van der Waals surface area contributed by atoms with E-state index < -0.39 is 0 Å². The summed E-state index contributed by atoms with van der Waals surface area (Å²) < 4.78 is 0. The van der Waals surface area contributed by atoms with Crippen LogP contribution in [0.1, 0.15) is 48.8 Å². The fourth-order valence-corrected chi connectivity index (χ4v) is 5.45. The topological polar surface area (TPSA) is 32.3 Å². The Morgan fingerprint density at radius 2 is 1.93 bits per heavy atom. The van der Waals surface area contributed by atoms with Crippen molar-refractivity contribution in [3.63, 3.8) is 0 Å². The number of aryl methyl sites for hydroxylation is 1. The first-order valence-corrected chi connectivity index (χ1v) is 10.7. The van der Waals surface area contributed by atoms with Crippen LogP contribution >= 0.6 is 0 Å². The molecule has 3 aliphatic rings. The first kappa shape index (κ1) is 17.7. The molecular weight excluding hydrogens is 344 g/mol. The van der Waals surface area contributed by atoms with Gasteiger partial charge in [0.05, 0.1) is 5.41 Å². The van der Waals surface area contributed by atoms with Crippen molar-refractivity contribution >= 4 is 17.2 Å². The van der Waals surface area contributed by atoms with Gasteiger partial charge in [0, 0.05) is 18.8 Å². The molecule has 2 heterocycles. The molecule has 1 atom stereocenters. The summed E-state index contributed by atoms with van der Waals surface area (Å²) in [7, 11) is 0. The van der Waals surface area contributed by atoms with Gasteiger partial charge in [0.1, 0.15) is 0 Å². The minimum absolute atomic E-state index is 0.236. The molecule has 0 bridgehead atoms. The Morgan fingerprint density at radius 3 is 2.75 bits per heavy atom. The van der Waals surface area contributed by atoms with Gasteiger partial charge in [-0.25, -0.2) is 0 Å². The number of carbonyl (C=O) groups excluding carboxylic acids is 1. The summed E-state index contributed by atoms with van der Waals surface area (Å²) in [4.78, 5) is 15.5. The van der Waals surface area contributed by atoms with E-state index in [0.29, 0.717) is 0 Å². The van der Waals surface area contributed by atoms with Gasteiger partial charge in [-0.3, -0.25) is 9.69 Å². The van der Waals surface area contributed by atoms with Gasteiger partial charge in [0.2, 0.25) is 5.91 Å². The van der Waals surface area contributed by atoms with Crippen LogP contribution in [0.15, 0.2) is 54.6 Å². The van der Waals surface area contributed by atoms with Crippen LogP contribution in [0, 0.1) is 0 Å². The number of benzene rings is 2. The number of anilines is 1. The van der Waals surface area contributed by atoms with Gasteiger partial charge in [0.15, 0.2) is 0 Å². The van der Waals surface area contributed by atoms with E-state index in [2.05, 4.69) is 64.8 Å². The molecule has 0 saturated heterocycles. The molecule has 0 fully saturated rings. The Morgan fingerprint density at radius 1 is 1.04 bits per heavy atom. The van der Waals surface area contributed by atoms with Crippen molar-refractivity contribution in [1.82, 2.24) is 4.90 Å². The van der Waals surface area contributed by atoms with Crippen molar-refractivity contribution < 1.29 is 4.79 Å². The molecule has 3 heteroatoms. The van der Waals surface area contributed by atoms with Crippen molar-refractivity contribution in [2.45, 2.75) is 43.9 Å². The molecule has 0 saturated carbocycles. The third kappa shape index (κ3) is 2.98. The zero-order chi connectivity index (χ0) is 19.0. The van der Waals surface area contributed by atoms with E-state index in [-0.39, 0.29) is 11.3 Å². The molecule has 1 amide bonds. The molecule has 0 radical (unpaired) electrons. The fraction of sp³-hybridized carbons (Fsp3) is 0.400. The fourth-order valence-electron chi connectivity index (χ4n) is 5.45. The number of nitrogens with one attached hydrogen (secondary N) is 1. The summed E-state index contributed by atoms with van der Waals surface area (Å²) in [5.41, 5.74) is 6.32. The molecule has 1 N–H and O–H groups in total. The quantitative estimate of drug-likeness (QED) is 0.819. The number of nitrogens with zero attached hydrogens (tertiary/aromatic N) is 1. The summed E-state index contributed by atoms with van der Waals surface area (Å²) in [6.07, 6.45) is 8.77. The van der Waals surface area contributed by atoms with E-state index in [0.717, 1.165) is 63.8 Å². The Labute approximate surface area is 167 Å². The molecule has 1 aliphatic carbocycles. The maximum Gasteiger partial charge on any atom is 0.235 e. The van der Waals surface area contributed by atoms with Gasteiger partial charge in [-0.2, -0.15) is 0 Å². The van der Waals surface area contributed by atoms with E-state index in [1.807, 2.05) is 0 Å². The van der Waals surface area contributed by atoms with E-state index in [4.69, 9.17) is 0 Å². The van der Waals surface area contributed by atoms with Crippen molar-refractivity contribution in [3.8, 4) is 0 Å². The number of carbonyl (C=O) groups is 1. The molecule has 28 heavy (non-hydrogen) atoms. The molecule has 5 rings (SSSR count). The molecule has 144 valence electrons. The Balaban J connectivity index is 1.24. The number of hydrogen-bond donors (Lipinski definition) is 1. The van der Waals surface area contributed by atoms with E-state index in [9.17, 15) is 4.79 Å². The largest absolute Gasteiger partial charge is 0.325 e. The van der Waals surface area contributed by atoms with Gasteiger partial charge in [-0.1, -0.05) is 48.5 Å². The van der Waals surface area contributed by atoms with Gasteiger partial charge >= 0.3 is 0 Å². The van der Waals surface area contributed by atoms with Gasteiger partial charge in [0.25, 0.3) is 0 Å². The lowest BCUT2D eigenvalue weighted by Crippen LogP contribution is -2.38. The molecule has 0 aromatic heterocycles. The van der Waals surface area contributed by atoms with Crippen molar-refractivity contribution in [2.24, 2.45) is 0 Å². The van der Waals surface area contributed by atoms with E-state index in [1.165, 1.54) is 22.3 Å². The van der Waals surface area contributed by atoms with Crippen LogP contribution in [0.2, 0.25) is 0 Å². The SMILES string of the molecule is O=C1Nc2cccc3c2C1(CCCN1CC=C(c2ccccc2)CC1)CCC3. The van der Waals surface area contributed by atoms with Crippen LogP contribution < -0.4 is 5.32 Å². The maximum absolute atomic E-state index is 12.9. The second-order valence-electron chi connectivity index (χ2n) is 8.48. The zero-order valence-electron chi connectivity index (χ0n) is 16.4. The average molecular weight is 373 g/mol. The Kier molecular flexibility index (Phi) is 4.56. The van der Waals surface area contributed by atoms with Crippen LogP contribution in [-0.4, -0.2) is 30.4 Å². The van der Waals surface area contributed by atoms with Gasteiger partial charge < -0.3 is 5.32 Å². The number of hydrogen-bond acceptors (Lipinski definition) is 2. The molecule has 0 spiro atoms. The molecule has 1 unspecified atom stereocenters. The highest BCUT2D eigenvalue weighted by Gasteiger charge is 2.48. The zero-order valence-corrected chi connectivity index (χ0v) is 16.4. The third-order valence-corrected chi connectivity index (χ3v) is 6.88. The first-order valence-electron chi connectivity index (χ1n) is 10.7. The first-order chi connectivity index (χ1) is 13.8. The highest BCUT2D eigenvalue weighted by Crippen LogP contribution is 2.49. The van der Waals surface area contributed by atoms with Gasteiger partial charge in [-0.05, 0) is 73.4 Å². The van der Waals surface area contributed by atoms with Crippen molar-refractivity contribution in [1.29, 1.82) is 0 Å². The molecule has 2 aliphatic heterocycles. The smallest absolute Gasteiger partial charge is 0.235 e. The number of amides is 1. The monoisotopic (exact) mass is 372 g/mol. The molecule has 2 aromatic rings. The van der Waals surface area contributed by atoms with Crippen LogP contribution in [-0.2, 0) is 16.6 Å². The minimum atomic E-state index is -0.273. The van der Waals surface area contributed by atoms with Gasteiger partial charge in [-0.15, -0.1) is 0 Å². The Bertz CT molecular complexity index is 917. The highest BCUT2D eigenvalue weighted by molar-refractivity contribution is 6.07. The second-order valence-corrected chi connectivity index (χ2v) is 8.48. The number of rotatable bonds is 5. The van der Waals surface area contributed by atoms with Crippen molar-refractivity contribution in [3.05, 3.63) is 71.3 Å². The summed E-state index contributed by atoms with van der Waals surface area (Å²) in [5.74, 6) is 0.236. The maximum atomic E-state index is 12.9. The standard InChI is InChI=1S/C25H28N2O/c28-24-25(14-5-10-21-9-4-11-22(26-24)23(21)25)15-6-16-27-17-12-20(13-18-27)19-7-2-1-3-8-19/h1-4,7-9,11-12H,5-6,10,13-18H2,(H,26,28). The predicted molar refractivity (Wildman–Crippen MR) is 114 cm³/mol. The average Bonchev–Trinajstić information content (AvgIpc) is 3.03. The summed E-state index contributed by atoms with van der Waals surface area (Å²) in [6.45, 7) is 3.21. The normalized spacial score (nSPS) is 23.9. The van der Waals surface area contributed by atoms with E-state index >= 15 is 0 Å².